The molecule has 1 atom stereocenters. The van der Waals surface area contributed by atoms with E-state index in [-0.39, 0.29) is 17.3 Å². The van der Waals surface area contributed by atoms with Gasteiger partial charge in [0, 0.05) is 18.2 Å². The number of aryl methyl sites for hydroxylation is 1. The first kappa shape index (κ1) is 13.2. The molecule has 0 aliphatic carbocycles. The molecular weight excluding hydrogens is 226 g/mol. The Labute approximate surface area is 109 Å². The highest BCUT2D eigenvalue weighted by Gasteiger charge is 2.47. The van der Waals surface area contributed by atoms with E-state index < -0.39 is 0 Å². The number of ether oxygens (including phenoxy) is 2. The Hall–Kier alpha value is -1.22. The fraction of sp³-hybridized carbons (Fsp3) is 0.600. The molecule has 1 aliphatic rings. The normalized spacial score (nSPS) is 25.1. The lowest BCUT2D eigenvalue weighted by atomic mass is 9.97. The fourth-order valence-electron chi connectivity index (χ4n) is 2.59. The van der Waals surface area contributed by atoms with Gasteiger partial charge in [0.25, 0.3) is 0 Å². The summed E-state index contributed by atoms with van der Waals surface area (Å²) in [4.78, 5) is 0. The Bertz CT molecular complexity index is 452. The summed E-state index contributed by atoms with van der Waals surface area (Å²) < 4.78 is 12.2. The number of rotatable bonds is 2. The van der Waals surface area contributed by atoms with Gasteiger partial charge < -0.3 is 15.2 Å². The summed E-state index contributed by atoms with van der Waals surface area (Å²) in [7, 11) is 0. The molecule has 100 valence electrons. The quantitative estimate of drug-likeness (QED) is 0.818. The molecule has 3 nitrogen and oxygen atoms in total. The molecule has 2 rings (SSSR count). The van der Waals surface area contributed by atoms with E-state index in [9.17, 15) is 0 Å². The Morgan fingerprint density at radius 3 is 2.50 bits per heavy atom. The summed E-state index contributed by atoms with van der Waals surface area (Å²) in [6.45, 7) is 10.4. The van der Waals surface area contributed by atoms with Crippen LogP contribution < -0.4 is 10.5 Å². The standard InChI is InChI=1S/C15H23NO2/c1-10-6-7-11(16)8-12(10)17-13-9-14(2,3)18-15(13,4)5/h6-8,13H,9,16H2,1-5H3. The van der Waals surface area contributed by atoms with Crippen LogP contribution in [0, 0.1) is 6.92 Å². The number of benzene rings is 1. The van der Waals surface area contributed by atoms with Gasteiger partial charge >= 0.3 is 0 Å². The molecule has 1 unspecified atom stereocenters. The zero-order valence-electron chi connectivity index (χ0n) is 11.9. The van der Waals surface area contributed by atoms with E-state index in [4.69, 9.17) is 15.2 Å². The molecule has 2 N–H and O–H groups in total. The molecule has 0 saturated carbocycles. The minimum Gasteiger partial charge on any atom is -0.487 e. The predicted molar refractivity (Wildman–Crippen MR) is 73.9 cm³/mol. The topological polar surface area (TPSA) is 44.5 Å². The summed E-state index contributed by atoms with van der Waals surface area (Å²) in [6.07, 6.45) is 0.932. The molecule has 1 aliphatic heterocycles. The van der Waals surface area contributed by atoms with Crippen molar-refractivity contribution in [1.82, 2.24) is 0 Å². The van der Waals surface area contributed by atoms with Crippen molar-refractivity contribution >= 4 is 5.69 Å². The molecular formula is C15H23NO2. The third kappa shape index (κ3) is 2.61. The maximum Gasteiger partial charge on any atom is 0.130 e. The largest absolute Gasteiger partial charge is 0.487 e. The van der Waals surface area contributed by atoms with E-state index in [1.54, 1.807) is 0 Å². The van der Waals surface area contributed by atoms with Gasteiger partial charge in [0.2, 0.25) is 0 Å². The molecule has 3 heteroatoms. The van der Waals surface area contributed by atoms with Crippen LogP contribution in [0.2, 0.25) is 0 Å². The SMILES string of the molecule is Cc1ccc(N)cc1OC1CC(C)(C)OC1(C)C. The van der Waals surface area contributed by atoms with Crippen molar-refractivity contribution in [2.75, 3.05) is 5.73 Å². The highest BCUT2D eigenvalue weighted by Crippen LogP contribution is 2.40. The van der Waals surface area contributed by atoms with Gasteiger partial charge in [0.15, 0.2) is 0 Å². The second kappa shape index (κ2) is 4.16. The van der Waals surface area contributed by atoms with Crippen LogP contribution in [0.5, 0.6) is 5.75 Å². The van der Waals surface area contributed by atoms with E-state index in [0.29, 0.717) is 0 Å². The lowest BCUT2D eigenvalue weighted by Gasteiger charge is -2.28. The third-order valence-corrected chi connectivity index (χ3v) is 3.47. The molecule has 1 heterocycles. The van der Waals surface area contributed by atoms with Crippen molar-refractivity contribution in [2.45, 2.75) is 58.3 Å². The smallest absolute Gasteiger partial charge is 0.130 e. The fourth-order valence-corrected chi connectivity index (χ4v) is 2.59. The van der Waals surface area contributed by atoms with Gasteiger partial charge in [-0.1, -0.05) is 6.07 Å². The summed E-state index contributed by atoms with van der Waals surface area (Å²) in [5.74, 6) is 0.856. The van der Waals surface area contributed by atoms with E-state index in [0.717, 1.165) is 23.4 Å². The zero-order valence-corrected chi connectivity index (χ0v) is 11.9. The van der Waals surface area contributed by atoms with Gasteiger partial charge in [0.1, 0.15) is 17.5 Å². The average molecular weight is 249 g/mol. The molecule has 1 aromatic carbocycles. The van der Waals surface area contributed by atoms with Gasteiger partial charge in [0.05, 0.1) is 5.60 Å². The van der Waals surface area contributed by atoms with Crippen LogP contribution in [0.4, 0.5) is 5.69 Å². The van der Waals surface area contributed by atoms with Crippen LogP contribution in [-0.4, -0.2) is 17.3 Å². The number of hydrogen-bond donors (Lipinski definition) is 1. The number of anilines is 1. The van der Waals surface area contributed by atoms with Gasteiger partial charge in [-0.25, -0.2) is 0 Å². The second-order valence-electron chi connectivity index (χ2n) is 6.30. The lowest BCUT2D eigenvalue weighted by Crippen LogP contribution is -2.36. The maximum atomic E-state index is 6.13. The maximum absolute atomic E-state index is 6.13. The van der Waals surface area contributed by atoms with Crippen molar-refractivity contribution in [1.29, 1.82) is 0 Å². The van der Waals surface area contributed by atoms with Crippen molar-refractivity contribution in [2.24, 2.45) is 0 Å². The Morgan fingerprint density at radius 1 is 1.28 bits per heavy atom. The van der Waals surface area contributed by atoms with Crippen LogP contribution in [0.25, 0.3) is 0 Å². The summed E-state index contributed by atoms with van der Waals surface area (Å²) >= 11 is 0. The Morgan fingerprint density at radius 2 is 1.94 bits per heavy atom. The number of nitrogens with two attached hydrogens (primary N) is 1. The van der Waals surface area contributed by atoms with Gasteiger partial charge in [-0.15, -0.1) is 0 Å². The first-order valence-corrected chi connectivity index (χ1v) is 6.43. The van der Waals surface area contributed by atoms with Crippen molar-refractivity contribution in [3.8, 4) is 5.75 Å². The summed E-state index contributed by atoms with van der Waals surface area (Å²) in [5.41, 5.74) is 7.23. The predicted octanol–water partition coefficient (Wildman–Crippen LogP) is 3.30. The number of nitrogen functional groups attached to an aromatic ring is 1. The molecule has 0 spiro atoms. The van der Waals surface area contributed by atoms with Crippen LogP contribution in [0.1, 0.15) is 39.7 Å². The minimum absolute atomic E-state index is 0.0491. The molecule has 0 amide bonds. The third-order valence-electron chi connectivity index (χ3n) is 3.47. The highest BCUT2D eigenvalue weighted by atomic mass is 16.6. The van der Waals surface area contributed by atoms with Crippen molar-refractivity contribution in [3.63, 3.8) is 0 Å². The first-order valence-electron chi connectivity index (χ1n) is 6.43. The molecule has 1 saturated heterocycles. The molecule has 0 aromatic heterocycles. The van der Waals surface area contributed by atoms with E-state index in [2.05, 4.69) is 27.7 Å². The average Bonchev–Trinajstić information content (AvgIpc) is 2.40. The monoisotopic (exact) mass is 249 g/mol. The summed E-state index contributed by atoms with van der Waals surface area (Å²) in [5, 5.41) is 0. The number of hydrogen-bond acceptors (Lipinski definition) is 3. The van der Waals surface area contributed by atoms with E-state index in [1.165, 1.54) is 0 Å². The van der Waals surface area contributed by atoms with Crippen LogP contribution >= 0.6 is 0 Å². The van der Waals surface area contributed by atoms with E-state index >= 15 is 0 Å². The highest BCUT2D eigenvalue weighted by molar-refractivity contribution is 5.48. The Balaban J connectivity index is 2.21. The zero-order chi connectivity index (χ0) is 13.6. The van der Waals surface area contributed by atoms with Crippen LogP contribution in [-0.2, 0) is 4.74 Å². The molecule has 0 radical (unpaired) electrons. The van der Waals surface area contributed by atoms with Crippen LogP contribution in [0.3, 0.4) is 0 Å². The molecule has 0 bridgehead atoms. The van der Waals surface area contributed by atoms with Gasteiger partial charge in [-0.2, -0.15) is 0 Å². The van der Waals surface area contributed by atoms with Crippen molar-refractivity contribution < 1.29 is 9.47 Å². The lowest BCUT2D eigenvalue weighted by molar-refractivity contribution is -0.0846. The molecule has 18 heavy (non-hydrogen) atoms. The van der Waals surface area contributed by atoms with Crippen LogP contribution in [0.15, 0.2) is 18.2 Å². The first-order chi connectivity index (χ1) is 8.20. The van der Waals surface area contributed by atoms with Gasteiger partial charge in [-0.3, -0.25) is 0 Å². The van der Waals surface area contributed by atoms with Gasteiger partial charge in [-0.05, 0) is 46.2 Å². The van der Waals surface area contributed by atoms with Crippen molar-refractivity contribution in [3.05, 3.63) is 23.8 Å². The minimum atomic E-state index is -0.277. The Kier molecular flexibility index (Phi) is 3.06. The molecule has 1 aromatic rings. The van der Waals surface area contributed by atoms with E-state index in [1.807, 2.05) is 25.1 Å². The molecule has 1 fully saturated rings. The summed E-state index contributed by atoms with van der Waals surface area (Å²) in [6, 6.07) is 5.76. The second-order valence-corrected chi connectivity index (χ2v) is 6.30.